The number of carbonyl (C=O) groups is 1. The fourth-order valence-corrected chi connectivity index (χ4v) is 4.10. The average Bonchev–Trinajstić information content (AvgIpc) is 3.10. The van der Waals surface area contributed by atoms with Crippen LogP contribution < -0.4 is 10.6 Å². The van der Waals surface area contributed by atoms with Crippen molar-refractivity contribution in [3.8, 4) is 0 Å². The van der Waals surface area contributed by atoms with Crippen molar-refractivity contribution in [2.24, 2.45) is 0 Å². The van der Waals surface area contributed by atoms with Gasteiger partial charge in [-0.3, -0.25) is 4.79 Å². The molecule has 2 N–H and O–H groups in total. The predicted molar refractivity (Wildman–Crippen MR) is 114 cm³/mol. The van der Waals surface area contributed by atoms with Crippen LogP contribution in [0.15, 0.2) is 48.7 Å². The van der Waals surface area contributed by atoms with E-state index in [2.05, 4.69) is 15.7 Å². The molecule has 0 spiro atoms. The Morgan fingerprint density at radius 2 is 1.81 bits per heavy atom. The van der Waals surface area contributed by atoms with E-state index in [1.54, 1.807) is 12.1 Å². The van der Waals surface area contributed by atoms with E-state index in [0.29, 0.717) is 21.3 Å². The Hall–Kier alpha value is -2.71. The molecule has 162 valence electrons. The van der Waals surface area contributed by atoms with Crippen molar-refractivity contribution in [3.05, 3.63) is 75.4 Å². The van der Waals surface area contributed by atoms with Gasteiger partial charge in [0.25, 0.3) is 5.91 Å². The minimum atomic E-state index is -4.53. The molecule has 1 aliphatic rings. The number of carbonyl (C=O) groups excluding carboxylic acids is 1. The first-order chi connectivity index (χ1) is 14.6. The molecule has 10 heteroatoms. The van der Waals surface area contributed by atoms with E-state index >= 15 is 0 Å². The van der Waals surface area contributed by atoms with Gasteiger partial charge in [0.2, 0.25) is 0 Å². The first-order valence-electron chi connectivity index (χ1n) is 9.36. The molecule has 2 atom stereocenters. The van der Waals surface area contributed by atoms with Crippen molar-refractivity contribution in [2.75, 3.05) is 10.6 Å². The van der Waals surface area contributed by atoms with Crippen molar-refractivity contribution in [3.63, 3.8) is 0 Å². The van der Waals surface area contributed by atoms with Gasteiger partial charge in [0.05, 0.1) is 12.2 Å². The first-order valence-corrected chi connectivity index (χ1v) is 10.1. The second-order valence-corrected chi connectivity index (χ2v) is 8.24. The quantitative estimate of drug-likeness (QED) is 0.466. The van der Waals surface area contributed by atoms with Gasteiger partial charge < -0.3 is 10.6 Å². The van der Waals surface area contributed by atoms with Gasteiger partial charge in [-0.25, -0.2) is 4.68 Å². The number of hydrogen-bond donors (Lipinski definition) is 2. The second kappa shape index (κ2) is 8.09. The number of aromatic nitrogens is 2. The van der Waals surface area contributed by atoms with E-state index in [1.807, 2.05) is 19.1 Å². The van der Waals surface area contributed by atoms with E-state index in [4.69, 9.17) is 23.2 Å². The number of benzene rings is 2. The third kappa shape index (κ3) is 4.50. The van der Waals surface area contributed by atoms with Crippen molar-refractivity contribution in [2.45, 2.75) is 31.6 Å². The van der Waals surface area contributed by atoms with Crippen LogP contribution in [0.25, 0.3) is 0 Å². The van der Waals surface area contributed by atoms with Gasteiger partial charge in [-0.15, -0.1) is 0 Å². The molecule has 1 aromatic heterocycles. The Labute approximate surface area is 186 Å². The summed E-state index contributed by atoms with van der Waals surface area (Å²) in [6, 6.07) is 9.21. The minimum absolute atomic E-state index is 0.00442. The van der Waals surface area contributed by atoms with E-state index in [0.717, 1.165) is 16.4 Å². The van der Waals surface area contributed by atoms with Crippen molar-refractivity contribution in [1.29, 1.82) is 0 Å². The lowest BCUT2D eigenvalue weighted by molar-refractivity contribution is -0.173. The maximum absolute atomic E-state index is 13.8. The Morgan fingerprint density at radius 3 is 2.42 bits per heavy atom. The normalized spacial score (nSPS) is 18.3. The topological polar surface area (TPSA) is 59.0 Å². The molecule has 0 saturated heterocycles. The van der Waals surface area contributed by atoms with E-state index in [-0.39, 0.29) is 17.8 Å². The molecule has 1 aliphatic heterocycles. The van der Waals surface area contributed by atoms with Gasteiger partial charge in [0.1, 0.15) is 11.4 Å². The summed E-state index contributed by atoms with van der Waals surface area (Å²) in [4.78, 5) is 12.8. The van der Waals surface area contributed by atoms with Crippen LogP contribution in [0, 0.1) is 6.92 Å². The first kappa shape index (κ1) is 21.5. The summed E-state index contributed by atoms with van der Waals surface area (Å²) in [5.41, 5.74) is 2.00. The van der Waals surface area contributed by atoms with Gasteiger partial charge in [-0.05, 0) is 30.7 Å². The summed E-state index contributed by atoms with van der Waals surface area (Å²) in [6.45, 7) is 1.90. The highest BCUT2D eigenvalue weighted by Crippen LogP contribution is 2.44. The molecule has 0 unspecified atom stereocenters. The minimum Gasteiger partial charge on any atom is -0.363 e. The SMILES string of the molecule is Cc1ccc([C@@H]2C[C@H](C(F)(F)F)n3ncc(C(=O)Nc4cc(Cl)cc(Cl)c4)c3N2)cc1. The zero-order valence-corrected chi connectivity index (χ0v) is 17.7. The second-order valence-electron chi connectivity index (χ2n) is 7.36. The lowest BCUT2D eigenvalue weighted by Crippen LogP contribution is -2.36. The maximum atomic E-state index is 13.8. The van der Waals surface area contributed by atoms with Crippen LogP contribution in [-0.4, -0.2) is 21.9 Å². The summed E-state index contributed by atoms with van der Waals surface area (Å²) in [5, 5.41) is 10.2. The number of nitrogens with one attached hydrogen (secondary N) is 2. The monoisotopic (exact) mass is 468 g/mol. The molecule has 4 rings (SSSR count). The molecule has 1 amide bonds. The molecule has 0 fully saturated rings. The summed E-state index contributed by atoms with van der Waals surface area (Å²) in [7, 11) is 0. The molecular formula is C21H17Cl2F3N4O. The number of nitrogens with zero attached hydrogens (tertiary/aromatic N) is 2. The summed E-state index contributed by atoms with van der Waals surface area (Å²) < 4.78 is 42.2. The fraction of sp³-hybridized carbons (Fsp3) is 0.238. The van der Waals surface area contributed by atoms with Crippen LogP contribution in [0.5, 0.6) is 0 Å². The largest absolute Gasteiger partial charge is 0.410 e. The molecule has 3 aromatic rings. The lowest BCUT2D eigenvalue weighted by atomic mass is 9.96. The smallest absolute Gasteiger partial charge is 0.363 e. The number of alkyl halides is 3. The highest BCUT2D eigenvalue weighted by molar-refractivity contribution is 6.35. The Bertz CT molecular complexity index is 1110. The number of amides is 1. The van der Waals surface area contributed by atoms with Crippen molar-refractivity contribution in [1.82, 2.24) is 9.78 Å². The van der Waals surface area contributed by atoms with Crippen LogP contribution in [0.4, 0.5) is 24.7 Å². The number of anilines is 2. The fourth-order valence-electron chi connectivity index (χ4n) is 3.57. The van der Waals surface area contributed by atoms with E-state index < -0.39 is 24.2 Å². The predicted octanol–water partition coefficient (Wildman–Crippen LogP) is 6.41. The van der Waals surface area contributed by atoms with Gasteiger partial charge in [-0.2, -0.15) is 18.3 Å². The van der Waals surface area contributed by atoms with Gasteiger partial charge in [0.15, 0.2) is 6.04 Å². The molecule has 0 bridgehead atoms. The molecule has 0 aliphatic carbocycles. The zero-order chi connectivity index (χ0) is 22.3. The standard InChI is InChI=1S/C21H17Cl2F3N4O/c1-11-2-4-12(5-3-11)17-9-18(21(24,25)26)30-19(29-17)16(10-27-30)20(31)28-15-7-13(22)6-14(23)8-15/h2-8,10,17-18,29H,9H2,1H3,(H,28,31)/t17-,18+/m0/s1. The van der Waals surface area contributed by atoms with Crippen LogP contribution >= 0.6 is 23.2 Å². The van der Waals surface area contributed by atoms with Gasteiger partial charge in [0, 0.05) is 22.2 Å². The van der Waals surface area contributed by atoms with Crippen LogP contribution in [0.2, 0.25) is 10.0 Å². The number of hydrogen-bond acceptors (Lipinski definition) is 3. The highest BCUT2D eigenvalue weighted by Gasteiger charge is 2.47. The summed E-state index contributed by atoms with van der Waals surface area (Å²) in [5.74, 6) is -0.623. The number of rotatable bonds is 3. The van der Waals surface area contributed by atoms with Crippen molar-refractivity contribution < 1.29 is 18.0 Å². The molecule has 2 heterocycles. The van der Waals surface area contributed by atoms with Crippen molar-refractivity contribution >= 4 is 40.6 Å². The van der Waals surface area contributed by atoms with E-state index in [9.17, 15) is 18.0 Å². The third-order valence-corrected chi connectivity index (χ3v) is 5.52. The Balaban J connectivity index is 1.69. The van der Waals surface area contributed by atoms with E-state index in [1.165, 1.54) is 18.2 Å². The molecule has 0 saturated carbocycles. The van der Waals surface area contributed by atoms with Crippen LogP contribution in [0.3, 0.4) is 0 Å². The lowest BCUT2D eigenvalue weighted by Gasteiger charge is -2.34. The molecule has 2 aromatic carbocycles. The number of fused-ring (bicyclic) bond motifs is 1. The summed E-state index contributed by atoms with van der Waals surface area (Å²) >= 11 is 11.9. The number of aryl methyl sites for hydroxylation is 1. The van der Waals surface area contributed by atoms with Crippen LogP contribution in [0.1, 0.15) is 40.0 Å². The number of halogens is 5. The Morgan fingerprint density at radius 1 is 1.16 bits per heavy atom. The molecule has 31 heavy (non-hydrogen) atoms. The molecule has 0 radical (unpaired) electrons. The van der Waals surface area contributed by atoms with Gasteiger partial charge >= 0.3 is 6.18 Å². The molecule has 5 nitrogen and oxygen atoms in total. The highest BCUT2D eigenvalue weighted by atomic mass is 35.5. The van der Waals surface area contributed by atoms with Gasteiger partial charge in [-0.1, -0.05) is 53.0 Å². The molecular weight excluding hydrogens is 452 g/mol. The Kier molecular flexibility index (Phi) is 5.61. The third-order valence-electron chi connectivity index (χ3n) is 5.08. The maximum Gasteiger partial charge on any atom is 0.410 e. The summed E-state index contributed by atoms with van der Waals surface area (Å²) in [6.07, 6.45) is -3.65. The van der Waals surface area contributed by atoms with Crippen LogP contribution in [-0.2, 0) is 0 Å². The average molecular weight is 469 g/mol. The zero-order valence-electron chi connectivity index (χ0n) is 16.2.